The van der Waals surface area contributed by atoms with E-state index in [4.69, 9.17) is 10.8 Å². The first kappa shape index (κ1) is 14.3. The van der Waals surface area contributed by atoms with Crippen LogP contribution < -0.4 is 10.6 Å². The van der Waals surface area contributed by atoms with E-state index in [2.05, 4.69) is 43.6 Å². The highest BCUT2D eigenvalue weighted by Gasteiger charge is 2.27. The van der Waals surface area contributed by atoms with Gasteiger partial charge in [-0.1, -0.05) is 20.8 Å². The summed E-state index contributed by atoms with van der Waals surface area (Å²) in [5.41, 5.74) is 8.30. The molecule has 1 aliphatic rings. The van der Waals surface area contributed by atoms with E-state index in [9.17, 15) is 0 Å². The van der Waals surface area contributed by atoms with E-state index in [0.717, 1.165) is 36.4 Å². The van der Waals surface area contributed by atoms with Crippen LogP contribution in [-0.4, -0.2) is 33.2 Å². The first-order valence-corrected chi connectivity index (χ1v) is 7.73. The number of piperidine rings is 1. The zero-order valence-corrected chi connectivity index (χ0v) is 13.4. The highest BCUT2D eigenvalue weighted by molar-refractivity contribution is 5.70. The summed E-state index contributed by atoms with van der Waals surface area (Å²) in [6.07, 6.45) is 5.80. The third kappa shape index (κ3) is 2.62. The van der Waals surface area contributed by atoms with Gasteiger partial charge in [-0.05, 0) is 25.8 Å². The topological polar surface area (TPSA) is 59.5 Å². The van der Waals surface area contributed by atoms with Crippen LogP contribution in [-0.2, 0) is 5.41 Å². The molecule has 0 bridgehead atoms. The quantitative estimate of drug-likeness (QED) is 0.874. The summed E-state index contributed by atoms with van der Waals surface area (Å²) < 4.78 is 1.95. The minimum atomic E-state index is 0.0408. The number of nitrogens with two attached hydrogens (primary N) is 1. The molecule has 114 valence electrons. The summed E-state index contributed by atoms with van der Waals surface area (Å²) in [5.74, 6) is 1.03. The minimum absolute atomic E-state index is 0.0408. The molecule has 5 nitrogen and oxygen atoms in total. The summed E-state index contributed by atoms with van der Waals surface area (Å²) in [5, 5.41) is 4.70. The lowest BCUT2D eigenvalue weighted by molar-refractivity contribution is 0.427. The SMILES string of the molecule is CC1CC(N)CCN1c1nccn2nc(C(C)(C)C)cc12. The normalized spacial score (nSPS) is 23.8. The smallest absolute Gasteiger partial charge is 0.154 e. The molecule has 2 aromatic heterocycles. The van der Waals surface area contributed by atoms with Gasteiger partial charge in [0.1, 0.15) is 5.52 Å². The standard InChI is InChI=1S/C16H25N5/c1-11-9-12(17)5-7-20(11)15-13-10-14(16(2,3)4)19-21(13)8-6-18-15/h6,8,10-12H,5,7,9,17H2,1-4H3. The largest absolute Gasteiger partial charge is 0.352 e. The van der Waals surface area contributed by atoms with Gasteiger partial charge in [0.15, 0.2) is 5.82 Å². The van der Waals surface area contributed by atoms with Crippen molar-refractivity contribution in [3.05, 3.63) is 24.2 Å². The number of rotatable bonds is 1. The van der Waals surface area contributed by atoms with Crippen LogP contribution in [0.25, 0.3) is 5.52 Å². The predicted octanol–water partition coefficient (Wildman–Crippen LogP) is 2.34. The van der Waals surface area contributed by atoms with Gasteiger partial charge in [-0.2, -0.15) is 5.10 Å². The highest BCUT2D eigenvalue weighted by Crippen LogP contribution is 2.29. The summed E-state index contributed by atoms with van der Waals surface area (Å²) in [6, 6.07) is 2.90. The van der Waals surface area contributed by atoms with Crippen LogP contribution in [0.1, 0.15) is 46.2 Å². The second kappa shape index (κ2) is 4.98. The Balaban J connectivity index is 2.04. The van der Waals surface area contributed by atoms with E-state index in [1.54, 1.807) is 0 Å². The number of anilines is 1. The van der Waals surface area contributed by atoms with Crippen molar-refractivity contribution in [2.75, 3.05) is 11.4 Å². The van der Waals surface area contributed by atoms with E-state index in [0.29, 0.717) is 12.1 Å². The average Bonchev–Trinajstić information content (AvgIpc) is 2.82. The molecule has 2 aromatic rings. The van der Waals surface area contributed by atoms with Crippen LogP contribution in [0.15, 0.2) is 18.5 Å². The van der Waals surface area contributed by atoms with Gasteiger partial charge in [-0.3, -0.25) is 0 Å². The molecule has 2 N–H and O–H groups in total. The van der Waals surface area contributed by atoms with Crippen LogP contribution in [0.2, 0.25) is 0 Å². The molecule has 5 heteroatoms. The van der Waals surface area contributed by atoms with Gasteiger partial charge in [0.25, 0.3) is 0 Å². The molecule has 0 aliphatic carbocycles. The monoisotopic (exact) mass is 287 g/mol. The average molecular weight is 287 g/mol. The molecule has 2 atom stereocenters. The van der Waals surface area contributed by atoms with Gasteiger partial charge in [0.2, 0.25) is 0 Å². The second-order valence-corrected chi connectivity index (χ2v) is 7.19. The minimum Gasteiger partial charge on any atom is -0.352 e. The molecule has 1 aliphatic heterocycles. The van der Waals surface area contributed by atoms with Gasteiger partial charge in [-0.25, -0.2) is 9.50 Å². The summed E-state index contributed by atoms with van der Waals surface area (Å²) in [4.78, 5) is 6.99. The number of hydrogen-bond donors (Lipinski definition) is 1. The predicted molar refractivity (Wildman–Crippen MR) is 85.7 cm³/mol. The van der Waals surface area contributed by atoms with Crippen LogP contribution in [0.3, 0.4) is 0 Å². The van der Waals surface area contributed by atoms with Crippen molar-refractivity contribution < 1.29 is 0 Å². The first-order chi connectivity index (χ1) is 9.86. The Labute approximate surface area is 126 Å². The first-order valence-electron chi connectivity index (χ1n) is 7.73. The van der Waals surface area contributed by atoms with Crippen LogP contribution in [0.4, 0.5) is 5.82 Å². The van der Waals surface area contributed by atoms with Crippen LogP contribution >= 0.6 is 0 Å². The molecule has 0 spiro atoms. The molecular formula is C16H25N5. The highest BCUT2D eigenvalue weighted by atomic mass is 15.3. The van der Waals surface area contributed by atoms with Crippen molar-refractivity contribution in [3.8, 4) is 0 Å². The van der Waals surface area contributed by atoms with Crippen LogP contribution in [0.5, 0.6) is 0 Å². The number of aromatic nitrogens is 3. The fourth-order valence-corrected chi connectivity index (χ4v) is 3.02. The number of nitrogens with zero attached hydrogens (tertiary/aromatic N) is 4. The Morgan fingerprint density at radius 2 is 2.10 bits per heavy atom. The maximum absolute atomic E-state index is 6.07. The third-order valence-electron chi connectivity index (χ3n) is 4.33. The summed E-state index contributed by atoms with van der Waals surface area (Å²) >= 11 is 0. The number of fused-ring (bicyclic) bond motifs is 1. The van der Waals surface area contributed by atoms with Crippen molar-refractivity contribution in [2.45, 2.75) is 58.0 Å². The van der Waals surface area contributed by atoms with Crippen LogP contribution in [0, 0.1) is 0 Å². The fourth-order valence-electron chi connectivity index (χ4n) is 3.02. The maximum Gasteiger partial charge on any atom is 0.154 e. The van der Waals surface area contributed by atoms with Crippen molar-refractivity contribution in [1.29, 1.82) is 0 Å². The lowest BCUT2D eigenvalue weighted by atomic mass is 9.92. The molecule has 1 saturated heterocycles. The van der Waals surface area contributed by atoms with E-state index < -0.39 is 0 Å². The Kier molecular flexibility index (Phi) is 3.40. The Morgan fingerprint density at radius 3 is 2.76 bits per heavy atom. The van der Waals surface area contributed by atoms with Gasteiger partial charge < -0.3 is 10.6 Å². The molecule has 0 saturated carbocycles. The molecule has 2 unspecified atom stereocenters. The molecule has 21 heavy (non-hydrogen) atoms. The zero-order valence-electron chi connectivity index (χ0n) is 13.4. The number of hydrogen-bond acceptors (Lipinski definition) is 4. The lowest BCUT2D eigenvalue weighted by Gasteiger charge is -2.37. The Bertz CT molecular complexity index is 640. The van der Waals surface area contributed by atoms with E-state index in [1.807, 2.05) is 16.9 Å². The lowest BCUT2D eigenvalue weighted by Crippen LogP contribution is -2.46. The second-order valence-electron chi connectivity index (χ2n) is 7.19. The molecule has 0 aromatic carbocycles. The Morgan fingerprint density at radius 1 is 1.33 bits per heavy atom. The molecule has 3 heterocycles. The van der Waals surface area contributed by atoms with Gasteiger partial charge in [-0.15, -0.1) is 0 Å². The molecule has 1 fully saturated rings. The van der Waals surface area contributed by atoms with E-state index in [-0.39, 0.29) is 5.41 Å². The van der Waals surface area contributed by atoms with Crippen molar-refractivity contribution in [2.24, 2.45) is 5.73 Å². The Hall–Kier alpha value is -1.62. The fraction of sp³-hybridized carbons (Fsp3) is 0.625. The maximum atomic E-state index is 6.07. The summed E-state index contributed by atoms with van der Waals surface area (Å²) in [7, 11) is 0. The zero-order chi connectivity index (χ0) is 15.2. The molecule has 0 amide bonds. The van der Waals surface area contributed by atoms with E-state index in [1.165, 1.54) is 0 Å². The molecule has 0 radical (unpaired) electrons. The van der Waals surface area contributed by atoms with Gasteiger partial charge in [0, 0.05) is 36.4 Å². The van der Waals surface area contributed by atoms with E-state index >= 15 is 0 Å². The van der Waals surface area contributed by atoms with Crippen molar-refractivity contribution in [1.82, 2.24) is 14.6 Å². The van der Waals surface area contributed by atoms with Crippen molar-refractivity contribution >= 4 is 11.3 Å². The molecule has 3 rings (SSSR count). The van der Waals surface area contributed by atoms with Gasteiger partial charge in [0.05, 0.1) is 5.69 Å². The van der Waals surface area contributed by atoms with Crippen molar-refractivity contribution in [3.63, 3.8) is 0 Å². The third-order valence-corrected chi connectivity index (χ3v) is 4.33. The molecular weight excluding hydrogens is 262 g/mol. The summed E-state index contributed by atoms with van der Waals surface area (Å²) in [6.45, 7) is 9.75. The van der Waals surface area contributed by atoms with Gasteiger partial charge >= 0.3 is 0 Å².